The number of rotatable bonds is 7. The van der Waals surface area contributed by atoms with Crippen molar-refractivity contribution < 1.29 is 9.47 Å². The minimum absolute atomic E-state index is 0.235. The molecule has 0 fully saturated rings. The van der Waals surface area contributed by atoms with E-state index in [1.54, 1.807) is 7.11 Å². The third-order valence-corrected chi connectivity index (χ3v) is 3.33. The van der Waals surface area contributed by atoms with Crippen LogP contribution in [0.5, 0.6) is 11.5 Å². The summed E-state index contributed by atoms with van der Waals surface area (Å²) in [6, 6.07) is 16.4. The average Bonchev–Trinajstić information content (AvgIpc) is 2.54. The summed E-state index contributed by atoms with van der Waals surface area (Å²) in [5.41, 5.74) is 2.31. The Balaban J connectivity index is 1.96. The van der Waals surface area contributed by atoms with E-state index in [1.165, 1.54) is 5.56 Å². The van der Waals surface area contributed by atoms with Crippen molar-refractivity contribution in [2.45, 2.75) is 26.3 Å². The Kier molecular flexibility index (Phi) is 5.50. The SMILES string of the molecule is CCCOc1ccc(C(C)Nc2ccc(OC)cc2)cc1. The van der Waals surface area contributed by atoms with Crippen LogP contribution in [0.15, 0.2) is 48.5 Å². The molecule has 3 nitrogen and oxygen atoms in total. The Labute approximate surface area is 126 Å². The second-order valence-electron chi connectivity index (χ2n) is 5.01. The van der Waals surface area contributed by atoms with E-state index in [2.05, 4.69) is 31.3 Å². The molecule has 2 rings (SSSR count). The van der Waals surface area contributed by atoms with Crippen molar-refractivity contribution in [3.8, 4) is 11.5 Å². The molecule has 0 aliphatic carbocycles. The molecule has 0 spiro atoms. The van der Waals surface area contributed by atoms with Gasteiger partial charge in [0.05, 0.1) is 13.7 Å². The Morgan fingerprint density at radius 3 is 2.14 bits per heavy atom. The quantitative estimate of drug-likeness (QED) is 0.802. The van der Waals surface area contributed by atoms with Gasteiger partial charge in [-0.05, 0) is 55.3 Å². The predicted octanol–water partition coefficient (Wildman–Crippen LogP) is 4.66. The molecule has 3 heteroatoms. The molecule has 2 aromatic rings. The second-order valence-corrected chi connectivity index (χ2v) is 5.01. The minimum atomic E-state index is 0.235. The number of nitrogens with one attached hydrogen (secondary N) is 1. The molecular formula is C18H23NO2. The molecule has 0 saturated carbocycles. The predicted molar refractivity (Wildman–Crippen MR) is 87.3 cm³/mol. The molecule has 0 amide bonds. The third-order valence-electron chi connectivity index (χ3n) is 3.33. The van der Waals surface area contributed by atoms with Crippen molar-refractivity contribution in [2.24, 2.45) is 0 Å². The zero-order valence-corrected chi connectivity index (χ0v) is 12.9. The molecule has 0 saturated heterocycles. The molecule has 21 heavy (non-hydrogen) atoms. The van der Waals surface area contributed by atoms with E-state index < -0.39 is 0 Å². The van der Waals surface area contributed by atoms with Gasteiger partial charge in [-0.15, -0.1) is 0 Å². The number of methoxy groups -OCH3 is 1. The van der Waals surface area contributed by atoms with Crippen LogP contribution in [0.4, 0.5) is 5.69 Å². The van der Waals surface area contributed by atoms with Crippen LogP contribution in [0.2, 0.25) is 0 Å². The summed E-state index contributed by atoms with van der Waals surface area (Å²) in [6.45, 7) is 5.01. The zero-order valence-electron chi connectivity index (χ0n) is 12.9. The average molecular weight is 285 g/mol. The van der Waals surface area contributed by atoms with Crippen molar-refractivity contribution in [1.29, 1.82) is 0 Å². The van der Waals surface area contributed by atoms with Gasteiger partial charge < -0.3 is 14.8 Å². The van der Waals surface area contributed by atoms with Crippen LogP contribution in [0.25, 0.3) is 0 Å². The van der Waals surface area contributed by atoms with Crippen molar-refractivity contribution in [3.05, 3.63) is 54.1 Å². The fourth-order valence-corrected chi connectivity index (χ4v) is 2.09. The maximum atomic E-state index is 5.60. The van der Waals surface area contributed by atoms with E-state index in [9.17, 15) is 0 Å². The maximum Gasteiger partial charge on any atom is 0.119 e. The first-order chi connectivity index (χ1) is 10.2. The first-order valence-corrected chi connectivity index (χ1v) is 7.36. The second kappa shape index (κ2) is 7.58. The first-order valence-electron chi connectivity index (χ1n) is 7.36. The number of hydrogen-bond donors (Lipinski definition) is 1. The molecule has 1 N–H and O–H groups in total. The van der Waals surface area contributed by atoms with Gasteiger partial charge in [-0.1, -0.05) is 19.1 Å². The Hall–Kier alpha value is -2.16. The summed E-state index contributed by atoms with van der Waals surface area (Å²) < 4.78 is 10.8. The largest absolute Gasteiger partial charge is 0.497 e. The van der Waals surface area contributed by atoms with Crippen LogP contribution in [-0.2, 0) is 0 Å². The monoisotopic (exact) mass is 285 g/mol. The van der Waals surface area contributed by atoms with E-state index in [1.807, 2.05) is 36.4 Å². The Morgan fingerprint density at radius 1 is 0.952 bits per heavy atom. The van der Waals surface area contributed by atoms with E-state index >= 15 is 0 Å². The molecule has 0 heterocycles. The fourth-order valence-electron chi connectivity index (χ4n) is 2.09. The van der Waals surface area contributed by atoms with Gasteiger partial charge >= 0.3 is 0 Å². The number of anilines is 1. The zero-order chi connectivity index (χ0) is 15.1. The molecule has 1 atom stereocenters. The highest BCUT2D eigenvalue weighted by atomic mass is 16.5. The van der Waals surface area contributed by atoms with Crippen LogP contribution in [0.1, 0.15) is 31.9 Å². The van der Waals surface area contributed by atoms with E-state index in [0.29, 0.717) is 0 Å². The van der Waals surface area contributed by atoms with Gasteiger partial charge in [0.15, 0.2) is 0 Å². The highest BCUT2D eigenvalue weighted by molar-refractivity contribution is 5.48. The molecule has 0 aromatic heterocycles. The molecule has 1 unspecified atom stereocenters. The maximum absolute atomic E-state index is 5.60. The van der Waals surface area contributed by atoms with E-state index in [-0.39, 0.29) is 6.04 Å². The van der Waals surface area contributed by atoms with Gasteiger partial charge in [-0.25, -0.2) is 0 Å². The molecule has 0 radical (unpaired) electrons. The van der Waals surface area contributed by atoms with Crippen LogP contribution < -0.4 is 14.8 Å². The van der Waals surface area contributed by atoms with Crippen molar-refractivity contribution >= 4 is 5.69 Å². The lowest BCUT2D eigenvalue weighted by molar-refractivity contribution is 0.317. The molecule has 2 aromatic carbocycles. The summed E-state index contributed by atoms with van der Waals surface area (Å²) >= 11 is 0. The van der Waals surface area contributed by atoms with E-state index in [0.717, 1.165) is 30.2 Å². The summed E-state index contributed by atoms with van der Waals surface area (Å²) in [5.74, 6) is 1.79. The number of ether oxygens (including phenoxy) is 2. The normalized spacial score (nSPS) is 11.8. The van der Waals surface area contributed by atoms with Crippen LogP contribution >= 0.6 is 0 Å². The van der Waals surface area contributed by atoms with Gasteiger partial charge in [0.2, 0.25) is 0 Å². The molecule has 0 aliphatic heterocycles. The lowest BCUT2D eigenvalue weighted by atomic mass is 10.1. The lowest BCUT2D eigenvalue weighted by Gasteiger charge is -2.16. The van der Waals surface area contributed by atoms with Crippen LogP contribution in [0, 0.1) is 0 Å². The first kappa shape index (κ1) is 15.2. The van der Waals surface area contributed by atoms with Gasteiger partial charge in [0.25, 0.3) is 0 Å². The van der Waals surface area contributed by atoms with Gasteiger partial charge in [-0.2, -0.15) is 0 Å². The topological polar surface area (TPSA) is 30.5 Å². The minimum Gasteiger partial charge on any atom is -0.497 e. The Bertz CT molecular complexity index is 534. The van der Waals surface area contributed by atoms with Crippen molar-refractivity contribution in [3.63, 3.8) is 0 Å². The highest BCUT2D eigenvalue weighted by Gasteiger charge is 2.05. The Morgan fingerprint density at radius 2 is 1.57 bits per heavy atom. The lowest BCUT2D eigenvalue weighted by Crippen LogP contribution is -2.06. The van der Waals surface area contributed by atoms with Crippen molar-refractivity contribution in [2.75, 3.05) is 19.0 Å². The van der Waals surface area contributed by atoms with Gasteiger partial charge in [-0.3, -0.25) is 0 Å². The fraction of sp³-hybridized carbons (Fsp3) is 0.333. The third kappa shape index (κ3) is 4.42. The smallest absolute Gasteiger partial charge is 0.119 e. The highest BCUT2D eigenvalue weighted by Crippen LogP contribution is 2.23. The standard InChI is InChI=1S/C18H23NO2/c1-4-13-21-18-9-5-15(6-10-18)14(2)19-16-7-11-17(20-3)12-8-16/h5-12,14,19H,4,13H2,1-3H3. The summed E-state index contributed by atoms with van der Waals surface area (Å²) in [4.78, 5) is 0. The van der Waals surface area contributed by atoms with Gasteiger partial charge in [0, 0.05) is 11.7 Å². The van der Waals surface area contributed by atoms with Crippen molar-refractivity contribution in [1.82, 2.24) is 0 Å². The van der Waals surface area contributed by atoms with Crippen LogP contribution in [-0.4, -0.2) is 13.7 Å². The molecule has 0 bridgehead atoms. The number of hydrogen-bond acceptors (Lipinski definition) is 3. The summed E-state index contributed by atoms with van der Waals surface area (Å²) in [5, 5.41) is 3.48. The molecule has 112 valence electrons. The molecular weight excluding hydrogens is 262 g/mol. The summed E-state index contributed by atoms with van der Waals surface area (Å²) in [6.07, 6.45) is 1.02. The van der Waals surface area contributed by atoms with Crippen LogP contribution in [0.3, 0.4) is 0 Å². The van der Waals surface area contributed by atoms with Gasteiger partial charge in [0.1, 0.15) is 11.5 Å². The molecule has 0 aliphatic rings. The van der Waals surface area contributed by atoms with E-state index in [4.69, 9.17) is 9.47 Å². The number of benzene rings is 2. The summed E-state index contributed by atoms with van der Waals surface area (Å²) in [7, 11) is 1.67.